The molecule has 1 aromatic rings. The van der Waals surface area contributed by atoms with Crippen LogP contribution in [0.15, 0.2) is 24.3 Å². The Hall–Kier alpha value is -1.88. The number of hydrogen-bond donors (Lipinski definition) is 2. The standard InChI is InChI=1S/C17H26N2O3/c1-4-14-6-8-15(9-7-14)12-19-17(21)16(20)18-10-5-11-22-13(2)3/h6-9,13H,4-5,10-12H2,1-3H3,(H,18,20)(H,19,21). The van der Waals surface area contributed by atoms with E-state index in [2.05, 4.69) is 17.6 Å². The highest BCUT2D eigenvalue weighted by Gasteiger charge is 2.11. The Kier molecular flexibility index (Phi) is 8.22. The minimum atomic E-state index is -0.607. The SMILES string of the molecule is CCc1ccc(CNC(=O)C(=O)NCCCOC(C)C)cc1. The molecule has 0 aliphatic carbocycles. The van der Waals surface area contributed by atoms with Crippen LogP contribution in [0.3, 0.4) is 0 Å². The molecule has 0 unspecified atom stereocenters. The predicted molar refractivity (Wildman–Crippen MR) is 86.4 cm³/mol. The quantitative estimate of drug-likeness (QED) is 0.568. The second-order valence-corrected chi connectivity index (χ2v) is 5.38. The summed E-state index contributed by atoms with van der Waals surface area (Å²) in [7, 11) is 0. The van der Waals surface area contributed by atoms with Gasteiger partial charge in [0.25, 0.3) is 0 Å². The van der Waals surface area contributed by atoms with Gasteiger partial charge in [0.2, 0.25) is 0 Å². The second-order valence-electron chi connectivity index (χ2n) is 5.38. The van der Waals surface area contributed by atoms with Gasteiger partial charge in [-0.3, -0.25) is 9.59 Å². The van der Waals surface area contributed by atoms with E-state index in [4.69, 9.17) is 4.74 Å². The van der Waals surface area contributed by atoms with Crippen molar-refractivity contribution in [1.29, 1.82) is 0 Å². The van der Waals surface area contributed by atoms with Crippen molar-refractivity contribution < 1.29 is 14.3 Å². The first-order valence-corrected chi connectivity index (χ1v) is 7.78. The molecular weight excluding hydrogens is 280 g/mol. The minimum Gasteiger partial charge on any atom is -0.379 e. The van der Waals surface area contributed by atoms with Crippen LogP contribution >= 0.6 is 0 Å². The molecule has 0 bridgehead atoms. The van der Waals surface area contributed by atoms with Crippen LogP contribution < -0.4 is 10.6 Å². The lowest BCUT2D eigenvalue weighted by molar-refractivity contribution is -0.139. The van der Waals surface area contributed by atoms with Gasteiger partial charge in [0.1, 0.15) is 0 Å². The normalized spacial score (nSPS) is 10.5. The molecule has 5 heteroatoms. The fourth-order valence-corrected chi connectivity index (χ4v) is 1.83. The highest BCUT2D eigenvalue weighted by molar-refractivity contribution is 6.35. The van der Waals surface area contributed by atoms with Gasteiger partial charge >= 0.3 is 11.8 Å². The van der Waals surface area contributed by atoms with Crippen molar-refractivity contribution in [3.05, 3.63) is 35.4 Å². The average molecular weight is 306 g/mol. The largest absolute Gasteiger partial charge is 0.379 e. The van der Waals surface area contributed by atoms with E-state index in [0.29, 0.717) is 26.1 Å². The lowest BCUT2D eigenvalue weighted by Gasteiger charge is -2.09. The van der Waals surface area contributed by atoms with Crippen molar-refractivity contribution in [2.45, 2.75) is 46.3 Å². The molecule has 0 aromatic heterocycles. The number of carbonyl (C=O) groups is 2. The molecule has 0 fully saturated rings. The summed E-state index contributed by atoms with van der Waals surface area (Å²) in [5, 5.41) is 5.19. The summed E-state index contributed by atoms with van der Waals surface area (Å²) in [6, 6.07) is 7.97. The number of carbonyl (C=O) groups excluding carboxylic acids is 2. The summed E-state index contributed by atoms with van der Waals surface area (Å²) in [6.45, 7) is 7.37. The van der Waals surface area contributed by atoms with Crippen LogP contribution in [-0.2, 0) is 27.3 Å². The summed E-state index contributed by atoms with van der Waals surface area (Å²) in [5.41, 5.74) is 2.22. The fraction of sp³-hybridized carbons (Fsp3) is 0.529. The van der Waals surface area contributed by atoms with Gasteiger partial charge in [0.15, 0.2) is 0 Å². The van der Waals surface area contributed by atoms with E-state index < -0.39 is 11.8 Å². The lowest BCUT2D eigenvalue weighted by Crippen LogP contribution is -2.40. The van der Waals surface area contributed by atoms with Crippen molar-refractivity contribution in [2.24, 2.45) is 0 Å². The van der Waals surface area contributed by atoms with Crippen LogP contribution in [0.1, 0.15) is 38.3 Å². The molecule has 0 saturated carbocycles. The number of hydrogen-bond acceptors (Lipinski definition) is 3. The maximum atomic E-state index is 11.7. The Morgan fingerprint density at radius 2 is 1.64 bits per heavy atom. The maximum Gasteiger partial charge on any atom is 0.309 e. The Morgan fingerprint density at radius 1 is 1.05 bits per heavy atom. The highest BCUT2D eigenvalue weighted by Crippen LogP contribution is 2.04. The van der Waals surface area contributed by atoms with Gasteiger partial charge in [-0.15, -0.1) is 0 Å². The zero-order chi connectivity index (χ0) is 16.4. The first-order valence-electron chi connectivity index (χ1n) is 7.78. The Balaban J connectivity index is 2.21. The molecule has 0 aliphatic heterocycles. The van der Waals surface area contributed by atoms with Gasteiger partial charge in [0, 0.05) is 19.7 Å². The van der Waals surface area contributed by atoms with Gasteiger partial charge in [-0.2, -0.15) is 0 Å². The zero-order valence-electron chi connectivity index (χ0n) is 13.6. The number of rotatable bonds is 8. The first-order chi connectivity index (χ1) is 10.5. The summed E-state index contributed by atoms with van der Waals surface area (Å²) < 4.78 is 5.36. The van der Waals surface area contributed by atoms with Crippen LogP contribution in [0.4, 0.5) is 0 Å². The Bertz CT molecular complexity index is 469. The summed E-state index contributed by atoms with van der Waals surface area (Å²) in [6.07, 6.45) is 1.85. The molecule has 122 valence electrons. The van der Waals surface area contributed by atoms with E-state index in [9.17, 15) is 9.59 Å². The minimum absolute atomic E-state index is 0.179. The maximum absolute atomic E-state index is 11.7. The van der Waals surface area contributed by atoms with Crippen molar-refractivity contribution in [3.63, 3.8) is 0 Å². The lowest BCUT2D eigenvalue weighted by atomic mass is 10.1. The van der Waals surface area contributed by atoms with Crippen molar-refractivity contribution >= 4 is 11.8 Å². The van der Waals surface area contributed by atoms with Crippen LogP contribution in [0, 0.1) is 0 Å². The van der Waals surface area contributed by atoms with Gasteiger partial charge in [-0.25, -0.2) is 0 Å². The van der Waals surface area contributed by atoms with E-state index in [-0.39, 0.29) is 6.10 Å². The predicted octanol–water partition coefficient (Wildman–Crippen LogP) is 1.80. The molecule has 0 aliphatic rings. The monoisotopic (exact) mass is 306 g/mol. The first kappa shape index (κ1) is 18.2. The van der Waals surface area contributed by atoms with Gasteiger partial charge < -0.3 is 15.4 Å². The zero-order valence-corrected chi connectivity index (χ0v) is 13.6. The fourth-order valence-electron chi connectivity index (χ4n) is 1.83. The van der Waals surface area contributed by atoms with Crippen molar-refractivity contribution in [3.8, 4) is 0 Å². The van der Waals surface area contributed by atoms with Crippen molar-refractivity contribution in [2.75, 3.05) is 13.2 Å². The summed E-state index contributed by atoms with van der Waals surface area (Å²) in [4.78, 5) is 23.3. The van der Waals surface area contributed by atoms with E-state index in [1.165, 1.54) is 5.56 Å². The van der Waals surface area contributed by atoms with Crippen LogP contribution in [0.25, 0.3) is 0 Å². The smallest absolute Gasteiger partial charge is 0.309 e. The number of benzene rings is 1. The molecule has 0 heterocycles. The number of nitrogens with one attached hydrogen (secondary N) is 2. The third-order valence-corrected chi connectivity index (χ3v) is 3.15. The molecule has 2 amide bonds. The summed E-state index contributed by atoms with van der Waals surface area (Å²) in [5.74, 6) is -1.21. The van der Waals surface area contributed by atoms with Gasteiger partial charge in [-0.05, 0) is 37.8 Å². The molecule has 0 radical (unpaired) electrons. The van der Waals surface area contributed by atoms with Gasteiger partial charge in [0.05, 0.1) is 6.10 Å². The number of amides is 2. The third-order valence-electron chi connectivity index (χ3n) is 3.15. The number of ether oxygens (including phenoxy) is 1. The van der Waals surface area contributed by atoms with Crippen LogP contribution in [0.5, 0.6) is 0 Å². The summed E-state index contributed by atoms with van der Waals surface area (Å²) >= 11 is 0. The molecule has 2 N–H and O–H groups in total. The number of aryl methyl sites for hydroxylation is 1. The molecular formula is C17H26N2O3. The molecule has 0 saturated heterocycles. The molecule has 0 spiro atoms. The molecule has 1 aromatic carbocycles. The second kappa shape index (κ2) is 9.95. The van der Waals surface area contributed by atoms with E-state index in [0.717, 1.165) is 12.0 Å². The Labute approximate surface area is 132 Å². The van der Waals surface area contributed by atoms with E-state index in [1.54, 1.807) is 0 Å². The van der Waals surface area contributed by atoms with Crippen LogP contribution in [0.2, 0.25) is 0 Å². The molecule has 0 atom stereocenters. The van der Waals surface area contributed by atoms with E-state index >= 15 is 0 Å². The molecule has 5 nitrogen and oxygen atoms in total. The van der Waals surface area contributed by atoms with E-state index in [1.807, 2.05) is 38.1 Å². The highest BCUT2D eigenvalue weighted by atomic mass is 16.5. The van der Waals surface area contributed by atoms with Crippen molar-refractivity contribution in [1.82, 2.24) is 10.6 Å². The molecule has 22 heavy (non-hydrogen) atoms. The average Bonchev–Trinajstić information content (AvgIpc) is 2.52. The van der Waals surface area contributed by atoms with Gasteiger partial charge in [-0.1, -0.05) is 31.2 Å². The molecule has 1 rings (SSSR count). The third kappa shape index (κ3) is 7.22. The Morgan fingerprint density at radius 3 is 2.23 bits per heavy atom. The van der Waals surface area contributed by atoms with Crippen LogP contribution in [-0.4, -0.2) is 31.1 Å². The topological polar surface area (TPSA) is 67.4 Å².